The molecule has 4 rings (SSSR count). The van der Waals surface area contributed by atoms with Gasteiger partial charge in [-0.25, -0.2) is 14.2 Å². The number of nitrogens with zero attached hydrogens (tertiary/aromatic N) is 5. The summed E-state index contributed by atoms with van der Waals surface area (Å²) < 4.78 is 22.0. The Balaban J connectivity index is 1.53. The fourth-order valence-corrected chi connectivity index (χ4v) is 5.15. The largest absolute Gasteiger partial charge is 0.453 e. The Kier molecular flexibility index (Phi) is 7.98. The van der Waals surface area contributed by atoms with Gasteiger partial charge in [-0.05, 0) is 18.9 Å². The Hall–Kier alpha value is -3.64. The predicted octanol–water partition coefficient (Wildman–Crippen LogP) is 3.62. The van der Waals surface area contributed by atoms with Gasteiger partial charge in [0.25, 0.3) is 5.91 Å². The molecule has 12 heteroatoms. The molecule has 10 nitrogen and oxygen atoms in total. The van der Waals surface area contributed by atoms with E-state index in [1.165, 1.54) is 18.0 Å². The number of nitrogens with two attached hydrogens (primary N) is 1. The van der Waals surface area contributed by atoms with Crippen LogP contribution in [0.25, 0.3) is 11.3 Å². The van der Waals surface area contributed by atoms with E-state index in [4.69, 9.17) is 5.73 Å². The first kappa shape index (κ1) is 26.4. The van der Waals surface area contributed by atoms with Gasteiger partial charge in [0, 0.05) is 56.5 Å². The van der Waals surface area contributed by atoms with Crippen LogP contribution in [-0.4, -0.2) is 71.3 Å². The van der Waals surface area contributed by atoms with Crippen molar-refractivity contribution in [3.8, 4) is 11.3 Å². The first-order chi connectivity index (χ1) is 17.8. The van der Waals surface area contributed by atoms with Crippen molar-refractivity contribution in [3.05, 3.63) is 52.0 Å². The summed E-state index contributed by atoms with van der Waals surface area (Å²) in [5, 5.41) is 9.78. The number of halogens is 1. The first-order valence-electron chi connectivity index (χ1n) is 11.8. The standard InChI is InChI=1S/C25H30FN7O3S/c1-16-29-20(15-37-16)18-6-4-17(5-7-18)12-32-11-9-25(8-10-28-2,21(26)14-32)33-13-19(22(27)34)23(31-33)30-24(35)36-3/h4-7,10,13,15,21H,8-9,11-12,14H2,1-3H3,(H2,27,34)(H,30,31,35)/b28-10+. The SMILES string of the molecule is C/N=C/CC1(n2cc(C(N)=O)c(NC(=O)OC)n2)CCN(Cc2ccc(-c3csc(C)n3)cc2)CC1F. The lowest BCUT2D eigenvalue weighted by Gasteiger charge is -2.44. The van der Waals surface area contributed by atoms with Crippen LogP contribution in [-0.2, 0) is 16.8 Å². The van der Waals surface area contributed by atoms with Gasteiger partial charge >= 0.3 is 6.09 Å². The van der Waals surface area contributed by atoms with Gasteiger partial charge in [0.2, 0.25) is 0 Å². The number of aliphatic imine (C=N–C) groups is 1. The van der Waals surface area contributed by atoms with Crippen LogP contribution < -0.4 is 11.1 Å². The molecule has 1 aromatic carbocycles. The number of alkyl halides is 1. The summed E-state index contributed by atoms with van der Waals surface area (Å²) in [5.74, 6) is -0.863. The van der Waals surface area contributed by atoms with Crippen molar-refractivity contribution in [1.82, 2.24) is 19.7 Å². The number of carbonyl (C=O) groups is 2. The van der Waals surface area contributed by atoms with E-state index < -0.39 is 23.7 Å². The normalized spacial score (nSPS) is 20.3. The van der Waals surface area contributed by atoms with Gasteiger partial charge in [0.15, 0.2) is 5.82 Å². The molecular weight excluding hydrogens is 497 g/mol. The van der Waals surface area contributed by atoms with Crippen LogP contribution in [0, 0.1) is 6.92 Å². The summed E-state index contributed by atoms with van der Waals surface area (Å²) in [5.41, 5.74) is 7.45. The number of hydrogen-bond acceptors (Lipinski definition) is 8. The number of likely N-dealkylation sites (tertiary alicyclic amines) is 1. The predicted molar refractivity (Wildman–Crippen MR) is 141 cm³/mol. The molecule has 3 aromatic rings. The summed E-state index contributed by atoms with van der Waals surface area (Å²) in [7, 11) is 2.81. The Bertz CT molecular complexity index is 1290. The van der Waals surface area contributed by atoms with Crippen LogP contribution >= 0.6 is 11.3 Å². The zero-order valence-electron chi connectivity index (χ0n) is 21.0. The van der Waals surface area contributed by atoms with Gasteiger partial charge in [-0.15, -0.1) is 11.3 Å². The zero-order chi connectivity index (χ0) is 26.6. The number of aromatic nitrogens is 3. The molecule has 3 N–H and O–H groups in total. The van der Waals surface area contributed by atoms with Crippen LogP contribution in [0.1, 0.15) is 33.8 Å². The third-order valence-corrected chi connectivity index (χ3v) is 7.38. The fourth-order valence-electron chi connectivity index (χ4n) is 4.53. The van der Waals surface area contributed by atoms with E-state index in [9.17, 15) is 9.59 Å². The molecule has 1 aliphatic heterocycles. The number of thiazole rings is 1. The second-order valence-electron chi connectivity index (χ2n) is 8.97. The highest BCUT2D eigenvalue weighted by Gasteiger charge is 2.46. The third-order valence-electron chi connectivity index (χ3n) is 6.61. The molecule has 1 aliphatic rings. The molecule has 2 aromatic heterocycles. The van der Waals surface area contributed by atoms with Gasteiger partial charge in [0.05, 0.1) is 17.8 Å². The highest BCUT2D eigenvalue weighted by molar-refractivity contribution is 7.09. The number of hydrogen-bond donors (Lipinski definition) is 2. The Morgan fingerprint density at radius 2 is 2.14 bits per heavy atom. The van der Waals surface area contributed by atoms with Crippen molar-refractivity contribution in [2.24, 2.45) is 10.7 Å². The minimum atomic E-state index is -1.33. The van der Waals surface area contributed by atoms with Gasteiger partial charge in [0.1, 0.15) is 17.3 Å². The van der Waals surface area contributed by atoms with Gasteiger partial charge in [-0.1, -0.05) is 24.3 Å². The molecule has 0 aliphatic carbocycles. The van der Waals surface area contributed by atoms with Crippen molar-refractivity contribution in [2.45, 2.75) is 38.0 Å². The van der Waals surface area contributed by atoms with E-state index in [0.29, 0.717) is 19.5 Å². The quantitative estimate of drug-likeness (QED) is 0.431. The number of amides is 2. The van der Waals surface area contributed by atoms with Crippen molar-refractivity contribution in [1.29, 1.82) is 0 Å². The number of ether oxygens (including phenoxy) is 1. The average molecular weight is 528 g/mol. The van der Waals surface area contributed by atoms with Crippen LogP contribution in [0.15, 0.2) is 40.8 Å². The van der Waals surface area contributed by atoms with E-state index in [1.807, 2.05) is 36.6 Å². The molecule has 0 saturated carbocycles. The summed E-state index contributed by atoms with van der Waals surface area (Å²) in [6.07, 6.45) is 1.56. The Morgan fingerprint density at radius 1 is 1.38 bits per heavy atom. The van der Waals surface area contributed by atoms with Crippen molar-refractivity contribution < 1.29 is 18.7 Å². The minimum absolute atomic E-state index is 0.0248. The van der Waals surface area contributed by atoms with Crippen LogP contribution in [0.2, 0.25) is 0 Å². The molecule has 196 valence electrons. The third kappa shape index (κ3) is 5.70. The minimum Gasteiger partial charge on any atom is -0.453 e. The number of methoxy groups -OCH3 is 1. The van der Waals surface area contributed by atoms with Crippen LogP contribution in [0.5, 0.6) is 0 Å². The number of nitrogens with one attached hydrogen (secondary N) is 1. The van der Waals surface area contributed by atoms with Crippen molar-refractivity contribution in [2.75, 3.05) is 32.6 Å². The first-order valence-corrected chi connectivity index (χ1v) is 12.7. The van der Waals surface area contributed by atoms with Gasteiger partial charge in [-0.3, -0.25) is 19.7 Å². The molecule has 2 atom stereocenters. The number of anilines is 1. The maximum atomic E-state index is 16.0. The molecular formula is C25H30FN7O3S. The highest BCUT2D eigenvalue weighted by atomic mass is 32.1. The Morgan fingerprint density at radius 3 is 2.73 bits per heavy atom. The number of aryl methyl sites for hydroxylation is 1. The number of benzene rings is 1. The molecule has 1 fully saturated rings. The zero-order valence-corrected chi connectivity index (χ0v) is 21.8. The Labute approximate surface area is 218 Å². The maximum Gasteiger partial charge on any atom is 0.412 e. The van der Waals surface area contributed by atoms with E-state index in [-0.39, 0.29) is 24.3 Å². The number of primary amides is 1. The highest BCUT2D eigenvalue weighted by Crippen LogP contribution is 2.37. The molecule has 1 saturated heterocycles. The molecule has 37 heavy (non-hydrogen) atoms. The number of rotatable bonds is 8. The van der Waals surface area contributed by atoms with Crippen LogP contribution in [0.4, 0.5) is 15.0 Å². The van der Waals surface area contributed by atoms with Gasteiger partial charge < -0.3 is 15.5 Å². The number of piperidine rings is 1. The monoisotopic (exact) mass is 527 g/mol. The molecule has 0 bridgehead atoms. The topological polar surface area (TPSA) is 128 Å². The van der Waals surface area contributed by atoms with E-state index in [1.54, 1.807) is 24.6 Å². The number of carbonyl (C=O) groups excluding carboxylic acids is 2. The van der Waals surface area contributed by atoms with Gasteiger partial charge in [-0.2, -0.15) is 5.10 Å². The summed E-state index contributed by atoms with van der Waals surface area (Å²) in [4.78, 5) is 34.4. The second kappa shape index (κ2) is 11.2. The van der Waals surface area contributed by atoms with Crippen LogP contribution in [0.3, 0.4) is 0 Å². The molecule has 0 spiro atoms. The summed E-state index contributed by atoms with van der Waals surface area (Å²) in [6, 6.07) is 8.15. The lowest BCUT2D eigenvalue weighted by atomic mass is 9.83. The van der Waals surface area contributed by atoms with Crippen molar-refractivity contribution in [3.63, 3.8) is 0 Å². The maximum absolute atomic E-state index is 16.0. The summed E-state index contributed by atoms with van der Waals surface area (Å²) in [6.45, 7) is 3.33. The molecule has 3 heterocycles. The fraction of sp³-hybridized carbons (Fsp3) is 0.400. The van der Waals surface area contributed by atoms with E-state index in [0.717, 1.165) is 21.8 Å². The second-order valence-corrected chi connectivity index (χ2v) is 10.0. The summed E-state index contributed by atoms with van der Waals surface area (Å²) >= 11 is 1.61. The van der Waals surface area contributed by atoms with E-state index >= 15 is 4.39 Å². The molecule has 2 unspecified atom stereocenters. The molecule has 2 amide bonds. The lowest BCUT2D eigenvalue weighted by molar-refractivity contribution is 0.00925. The average Bonchev–Trinajstić information content (AvgIpc) is 3.51. The smallest absolute Gasteiger partial charge is 0.412 e. The van der Waals surface area contributed by atoms with E-state index in [2.05, 4.69) is 30.0 Å². The lowest BCUT2D eigenvalue weighted by Crippen LogP contribution is -2.55. The van der Waals surface area contributed by atoms with Crippen molar-refractivity contribution >= 4 is 35.4 Å². The molecule has 0 radical (unpaired) electrons.